The molecule has 2 atom stereocenters. The maximum atomic E-state index is 12.7. The van der Waals surface area contributed by atoms with E-state index in [9.17, 15) is 13.2 Å². The first-order valence-electron chi connectivity index (χ1n) is 8.96. The van der Waals surface area contributed by atoms with E-state index < -0.39 is 15.9 Å². The molecule has 2 aromatic carbocycles. The van der Waals surface area contributed by atoms with Gasteiger partial charge in [0.15, 0.2) is 15.9 Å². The molecule has 27 heavy (non-hydrogen) atoms. The third-order valence-electron chi connectivity index (χ3n) is 4.44. The molecule has 2 rings (SSSR count). The van der Waals surface area contributed by atoms with E-state index in [0.717, 1.165) is 16.7 Å². The molecule has 0 saturated carbocycles. The lowest BCUT2D eigenvalue weighted by atomic mass is 10.1. The number of benzene rings is 2. The lowest BCUT2D eigenvalue weighted by molar-refractivity contribution is -0.128. The monoisotopic (exact) mass is 389 g/mol. The summed E-state index contributed by atoms with van der Waals surface area (Å²) in [6, 6.07) is 12.2. The largest absolute Gasteiger partial charge is 0.480 e. The van der Waals surface area contributed by atoms with Crippen LogP contribution >= 0.6 is 0 Å². The Hall–Kier alpha value is -2.34. The van der Waals surface area contributed by atoms with Crippen molar-refractivity contribution in [3.63, 3.8) is 0 Å². The van der Waals surface area contributed by atoms with Gasteiger partial charge in [0.2, 0.25) is 0 Å². The Morgan fingerprint density at radius 2 is 1.74 bits per heavy atom. The normalized spacial score (nSPS) is 13.7. The zero-order valence-corrected chi connectivity index (χ0v) is 17.3. The second kappa shape index (κ2) is 8.57. The fourth-order valence-corrected chi connectivity index (χ4v) is 3.33. The summed E-state index contributed by atoms with van der Waals surface area (Å²) in [6.45, 7) is 7.69. The van der Waals surface area contributed by atoms with Crippen molar-refractivity contribution in [1.29, 1.82) is 0 Å². The number of nitrogens with one attached hydrogen (secondary N) is 1. The number of hydrogen-bond acceptors (Lipinski definition) is 4. The lowest BCUT2D eigenvalue weighted by Gasteiger charge is -2.22. The van der Waals surface area contributed by atoms with Crippen molar-refractivity contribution < 1.29 is 17.9 Å². The summed E-state index contributed by atoms with van der Waals surface area (Å²) in [7, 11) is -3.24. The van der Waals surface area contributed by atoms with E-state index in [1.807, 2.05) is 45.9 Å². The van der Waals surface area contributed by atoms with E-state index in [1.54, 1.807) is 24.3 Å². The molecule has 0 radical (unpaired) electrons. The minimum atomic E-state index is -3.24. The molecule has 0 aliphatic rings. The molecule has 0 unspecified atom stereocenters. The molecule has 0 aliphatic heterocycles. The highest BCUT2D eigenvalue weighted by Crippen LogP contribution is 2.22. The highest BCUT2D eigenvalue weighted by Gasteiger charge is 2.21. The Bertz CT molecular complexity index is 904. The molecule has 0 bridgehead atoms. The number of carbonyl (C=O) groups is 1. The Morgan fingerprint density at radius 3 is 2.30 bits per heavy atom. The van der Waals surface area contributed by atoms with Crippen molar-refractivity contribution in [2.75, 3.05) is 6.26 Å². The molecule has 146 valence electrons. The molecular formula is C21H27NO4S. The van der Waals surface area contributed by atoms with Crippen LogP contribution in [0.25, 0.3) is 0 Å². The van der Waals surface area contributed by atoms with Crippen molar-refractivity contribution in [3.8, 4) is 5.75 Å². The summed E-state index contributed by atoms with van der Waals surface area (Å²) < 4.78 is 29.1. The average Bonchev–Trinajstić information content (AvgIpc) is 2.61. The van der Waals surface area contributed by atoms with Crippen molar-refractivity contribution in [1.82, 2.24) is 5.32 Å². The lowest BCUT2D eigenvalue weighted by Crippen LogP contribution is -2.39. The third kappa shape index (κ3) is 5.57. The van der Waals surface area contributed by atoms with Crippen LogP contribution in [0.2, 0.25) is 0 Å². The predicted octanol–water partition coefficient (Wildman–Crippen LogP) is 3.74. The van der Waals surface area contributed by atoms with Gasteiger partial charge in [-0.25, -0.2) is 8.42 Å². The standard InChI is InChI=1S/C21H27NO4S/c1-6-19(26-20-13-14(2)7-8-15(20)3)21(23)22-16(4)17-9-11-18(12-10-17)27(5,24)25/h7-13,16,19H,6H2,1-5H3,(H,22,23)/t16-,19-/m0/s1. The average molecular weight is 390 g/mol. The number of sulfone groups is 1. The van der Waals surface area contributed by atoms with Gasteiger partial charge in [-0.1, -0.05) is 31.2 Å². The number of amides is 1. The zero-order chi connectivity index (χ0) is 20.2. The molecule has 5 nitrogen and oxygen atoms in total. The smallest absolute Gasteiger partial charge is 0.261 e. The molecule has 6 heteroatoms. The van der Waals surface area contributed by atoms with Gasteiger partial charge in [0, 0.05) is 6.26 Å². The first-order valence-corrected chi connectivity index (χ1v) is 10.8. The second-order valence-corrected chi connectivity index (χ2v) is 8.87. The summed E-state index contributed by atoms with van der Waals surface area (Å²) in [5, 5.41) is 2.95. The van der Waals surface area contributed by atoms with Crippen molar-refractivity contribution in [2.45, 2.75) is 51.2 Å². The van der Waals surface area contributed by atoms with Gasteiger partial charge in [0.1, 0.15) is 5.75 Å². The van der Waals surface area contributed by atoms with Crippen LogP contribution in [0.3, 0.4) is 0 Å². The van der Waals surface area contributed by atoms with Crippen LogP contribution in [0.1, 0.15) is 43.0 Å². The zero-order valence-electron chi connectivity index (χ0n) is 16.4. The molecule has 1 amide bonds. The second-order valence-electron chi connectivity index (χ2n) is 6.86. The van der Waals surface area contributed by atoms with Crippen molar-refractivity contribution >= 4 is 15.7 Å². The molecule has 0 aromatic heterocycles. The van der Waals surface area contributed by atoms with E-state index in [4.69, 9.17) is 4.74 Å². The molecule has 1 N–H and O–H groups in total. The van der Waals surface area contributed by atoms with E-state index >= 15 is 0 Å². The number of hydrogen-bond donors (Lipinski definition) is 1. The highest BCUT2D eigenvalue weighted by atomic mass is 32.2. The van der Waals surface area contributed by atoms with Crippen molar-refractivity contribution in [2.24, 2.45) is 0 Å². The minimum Gasteiger partial charge on any atom is -0.480 e. The Balaban J connectivity index is 2.08. The van der Waals surface area contributed by atoms with Crippen molar-refractivity contribution in [3.05, 3.63) is 59.2 Å². The topological polar surface area (TPSA) is 72.5 Å². The molecule has 0 fully saturated rings. The molecule has 0 aliphatic carbocycles. The van der Waals surface area contributed by atoms with E-state index in [-0.39, 0.29) is 16.8 Å². The number of ether oxygens (including phenoxy) is 1. The maximum Gasteiger partial charge on any atom is 0.261 e. The number of aryl methyl sites for hydroxylation is 2. The maximum absolute atomic E-state index is 12.7. The first kappa shape index (κ1) is 21.0. The van der Waals surface area contributed by atoms with Gasteiger partial charge in [0.25, 0.3) is 5.91 Å². The van der Waals surface area contributed by atoms with Crippen LogP contribution in [0.15, 0.2) is 47.4 Å². The quantitative estimate of drug-likeness (QED) is 0.783. The predicted molar refractivity (Wildman–Crippen MR) is 107 cm³/mol. The van der Waals surface area contributed by atoms with Crippen LogP contribution < -0.4 is 10.1 Å². The Morgan fingerprint density at radius 1 is 1.11 bits per heavy atom. The molecule has 0 heterocycles. The molecular weight excluding hydrogens is 362 g/mol. The van der Waals surface area contributed by atoms with E-state index in [1.165, 1.54) is 6.26 Å². The van der Waals surface area contributed by atoms with Gasteiger partial charge < -0.3 is 10.1 Å². The fraction of sp³-hybridized carbons (Fsp3) is 0.381. The fourth-order valence-electron chi connectivity index (χ4n) is 2.70. The first-order chi connectivity index (χ1) is 12.6. The molecule has 2 aromatic rings. The number of rotatable bonds is 7. The SMILES string of the molecule is CC[C@H](Oc1cc(C)ccc1C)C(=O)N[C@@H](C)c1ccc(S(C)(=O)=O)cc1. The van der Waals surface area contributed by atoms with Gasteiger partial charge in [-0.15, -0.1) is 0 Å². The van der Waals surface area contributed by atoms with Gasteiger partial charge in [0.05, 0.1) is 10.9 Å². The molecule has 0 saturated heterocycles. The summed E-state index contributed by atoms with van der Waals surface area (Å²) in [5.41, 5.74) is 2.89. The van der Waals surface area contributed by atoms with Gasteiger partial charge in [-0.3, -0.25) is 4.79 Å². The van der Waals surface area contributed by atoms with Crippen LogP contribution in [-0.4, -0.2) is 26.7 Å². The summed E-state index contributed by atoms with van der Waals surface area (Å²) in [5.74, 6) is 0.514. The Kier molecular flexibility index (Phi) is 6.65. The van der Waals surface area contributed by atoms with Gasteiger partial charge >= 0.3 is 0 Å². The summed E-state index contributed by atoms with van der Waals surface area (Å²) in [4.78, 5) is 12.9. The van der Waals surface area contributed by atoms with Gasteiger partial charge in [-0.05, 0) is 62.1 Å². The summed E-state index contributed by atoms with van der Waals surface area (Å²) in [6.07, 6.45) is 1.12. The van der Waals surface area contributed by atoms with E-state index in [0.29, 0.717) is 12.2 Å². The Labute approximate surface area is 161 Å². The molecule has 0 spiro atoms. The highest BCUT2D eigenvalue weighted by molar-refractivity contribution is 7.90. The summed E-state index contributed by atoms with van der Waals surface area (Å²) >= 11 is 0. The van der Waals surface area contributed by atoms with Gasteiger partial charge in [-0.2, -0.15) is 0 Å². The number of carbonyl (C=O) groups excluding carboxylic acids is 1. The van der Waals surface area contributed by atoms with Crippen LogP contribution in [0.4, 0.5) is 0 Å². The minimum absolute atomic E-state index is 0.196. The van der Waals surface area contributed by atoms with E-state index in [2.05, 4.69) is 5.32 Å². The third-order valence-corrected chi connectivity index (χ3v) is 5.57. The van der Waals surface area contributed by atoms with Crippen LogP contribution in [-0.2, 0) is 14.6 Å². The van der Waals surface area contributed by atoms with Crippen LogP contribution in [0.5, 0.6) is 5.75 Å². The van der Waals surface area contributed by atoms with Crippen LogP contribution in [0, 0.1) is 13.8 Å².